The summed E-state index contributed by atoms with van der Waals surface area (Å²) >= 11 is 0. The quantitative estimate of drug-likeness (QED) is 0.873. The van der Waals surface area contributed by atoms with Gasteiger partial charge in [0.15, 0.2) is 0 Å². The maximum atomic E-state index is 13.8. The van der Waals surface area contributed by atoms with E-state index in [9.17, 15) is 9.18 Å². The van der Waals surface area contributed by atoms with Crippen LogP contribution in [-0.2, 0) is 11.2 Å². The third-order valence-electron chi connectivity index (χ3n) is 4.75. The van der Waals surface area contributed by atoms with Gasteiger partial charge in [-0.15, -0.1) is 0 Å². The topological polar surface area (TPSA) is 45.5 Å². The average molecular weight is 344 g/mol. The summed E-state index contributed by atoms with van der Waals surface area (Å²) < 4.78 is 19.5. The highest BCUT2D eigenvalue weighted by Crippen LogP contribution is 2.25. The molecule has 1 aliphatic rings. The number of furan rings is 1. The lowest BCUT2D eigenvalue weighted by atomic mass is 9.97. The fraction of sp³-hybridized carbons (Fsp3) is 0.450. The number of piperidine rings is 1. The second-order valence-corrected chi connectivity index (χ2v) is 6.65. The van der Waals surface area contributed by atoms with Gasteiger partial charge >= 0.3 is 0 Å². The van der Waals surface area contributed by atoms with Gasteiger partial charge in [0.25, 0.3) is 0 Å². The van der Waals surface area contributed by atoms with Gasteiger partial charge in [-0.05, 0) is 56.6 Å². The number of amides is 1. The van der Waals surface area contributed by atoms with Crippen molar-refractivity contribution in [2.75, 3.05) is 26.7 Å². The molecule has 25 heavy (non-hydrogen) atoms. The maximum Gasteiger partial charge on any atom is 0.223 e. The normalized spacial score (nSPS) is 17.7. The Bertz CT molecular complexity index is 711. The van der Waals surface area contributed by atoms with Crippen LogP contribution in [0.1, 0.15) is 25.0 Å². The number of carbonyl (C=O) groups excluding carboxylic acids is 1. The summed E-state index contributed by atoms with van der Waals surface area (Å²) in [5.41, 5.74) is 0.450. The first-order chi connectivity index (χ1) is 12.2. The molecule has 5 heteroatoms. The third-order valence-corrected chi connectivity index (χ3v) is 4.75. The lowest BCUT2D eigenvalue weighted by Gasteiger charge is -2.32. The molecule has 1 aliphatic heterocycles. The summed E-state index contributed by atoms with van der Waals surface area (Å²) in [6.07, 6.45) is 3.21. The number of carbonyl (C=O) groups is 1. The fourth-order valence-electron chi connectivity index (χ4n) is 3.45. The van der Waals surface area contributed by atoms with Crippen LogP contribution in [0.5, 0.6) is 0 Å². The van der Waals surface area contributed by atoms with Gasteiger partial charge in [-0.25, -0.2) is 4.39 Å². The SMILES string of the molecule is CNCC1CCCN(C(=O)CCc2ccc(-c3ccccc3F)o2)C1. The molecular formula is C20H25FN2O2. The van der Waals surface area contributed by atoms with Crippen molar-refractivity contribution in [2.24, 2.45) is 5.92 Å². The van der Waals surface area contributed by atoms with E-state index in [1.807, 2.05) is 18.0 Å². The number of rotatable bonds is 6. The zero-order chi connectivity index (χ0) is 17.6. The van der Waals surface area contributed by atoms with Crippen LogP contribution in [0.2, 0.25) is 0 Å². The van der Waals surface area contributed by atoms with Crippen LogP contribution in [0.3, 0.4) is 0 Å². The van der Waals surface area contributed by atoms with E-state index in [-0.39, 0.29) is 11.7 Å². The number of nitrogens with zero attached hydrogens (tertiary/aromatic N) is 1. The van der Waals surface area contributed by atoms with Crippen LogP contribution in [0.15, 0.2) is 40.8 Å². The molecule has 0 bridgehead atoms. The smallest absolute Gasteiger partial charge is 0.223 e. The third kappa shape index (κ3) is 4.48. The molecule has 2 heterocycles. The van der Waals surface area contributed by atoms with Crippen molar-refractivity contribution in [3.63, 3.8) is 0 Å². The molecule has 1 N–H and O–H groups in total. The Morgan fingerprint density at radius 3 is 2.96 bits per heavy atom. The van der Waals surface area contributed by atoms with Crippen LogP contribution in [0.25, 0.3) is 11.3 Å². The molecule has 1 aromatic heterocycles. The van der Waals surface area contributed by atoms with Crippen LogP contribution in [0, 0.1) is 11.7 Å². The summed E-state index contributed by atoms with van der Waals surface area (Å²) in [6, 6.07) is 10.1. The van der Waals surface area contributed by atoms with Gasteiger partial charge in [-0.1, -0.05) is 12.1 Å². The molecule has 1 atom stereocenters. The Balaban J connectivity index is 1.55. The van der Waals surface area contributed by atoms with Crippen molar-refractivity contribution < 1.29 is 13.6 Å². The Hall–Kier alpha value is -2.14. The van der Waals surface area contributed by atoms with E-state index in [0.29, 0.717) is 30.1 Å². The number of hydrogen-bond acceptors (Lipinski definition) is 3. The maximum absolute atomic E-state index is 13.8. The zero-order valence-electron chi connectivity index (χ0n) is 14.6. The molecule has 4 nitrogen and oxygen atoms in total. The predicted molar refractivity (Wildman–Crippen MR) is 95.7 cm³/mol. The second kappa shape index (κ2) is 8.30. The van der Waals surface area contributed by atoms with Crippen LogP contribution in [0.4, 0.5) is 4.39 Å². The van der Waals surface area contributed by atoms with E-state index in [1.165, 1.54) is 12.5 Å². The van der Waals surface area contributed by atoms with Crippen molar-refractivity contribution in [1.82, 2.24) is 10.2 Å². The average Bonchev–Trinajstić information content (AvgIpc) is 3.09. The van der Waals surface area contributed by atoms with Gasteiger partial charge in [0, 0.05) is 25.9 Å². The highest BCUT2D eigenvalue weighted by Gasteiger charge is 2.23. The largest absolute Gasteiger partial charge is 0.461 e. The van der Waals surface area contributed by atoms with Crippen molar-refractivity contribution >= 4 is 5.91 Å². The molecule has 1 saturated heterocycles. The van der Waals surface area contributed by atoms with Crippen molar-refractivity contribution in [2.45, 2.75) is 25.7 Å². The number of hydrogen-bond donors (Lipinski definition) is 1. The van der Waals surface area contributed by atoms with Gasteiger partial charge in [0.1, 0.15) is 17.3 Å². The Morgan fingerprint density at radius 2 is 2.16 bits per heavy atom. The Labute approximate surface area is 148 Å². The Kier molecular flexibility index (Phi) is 5.87. The van der Waals surface area contributed by atoms with Crippen LogP contribution in [-0.4, -0.2) is 37.5 Å². The molecule has 0 aliphatic carbocycles. The Morgan fingerprint density at radius 1 is 1.32 bits per heavy atom. The first-order valence-corrected chi connectivity index (χ1v) is 8.93. The van der Waals surface area contributed by atoms with Crippen molar-refractivity contribution in [1.29, 1.82) is 0 Å². The van der Waals surface area contributed by atoms with Gasteiger partial charge in [0.2, 0.25) is 5.91 Å². The first kappa shape index (κ1) is 17.7. The molecule has 1 fully saturated rings. The molecule has 134 valence electrons. The minimum absolute atomic E-state index is 0.171. The van der Waals surface area contributed by atoms with Crippen LogP contribution < -0.4 is 5.32 Å². The first-order valence-electron chi connectivity index (χ1n) is 8.93. The van der Waals surface area contributed by atoms with E-state index >= 15 is 0 Å². The van der Waals surface area contributed by atoms with Gasteiger partial charge in [-0.3, -0.25) is 4.79 Å². The predicted octanol–water partition coefficient (Wildman–Crippen LogP) is 3.48. The number of halogens is 1. The molecule has 1 unspecified atom stereocenters. The molecule has 0 radical (unpaired) electrons. The molecule has 1 aromatic carbocycles. The van der Waals surface area contributed by atoms with Crippen molar-refractivity contribution in [3.8, 4) is 11.3 Å². The summed E-state index contributed by atoms with van der Waals surface area (Å²) in [6.45, 7) is 2.63. The molecule has 1 amide bonds. The van der Waals surface area contributed by atoms with Gasteiger partial charge < -0.3 is 14.6 Å². The van der Waals surface area contributed by atoms with Crippen LogP contribution >= 0.6 is 0 Å². The molecular weight excluding hydrogens is 319 g/mol. The van der Waals surface area contributed by atoms with E-state index in [4.69, 9.17) is 4.42 Å². The summed E-state index contributed by atoms with van der Waals surface area (Å²) in [7, 11) is 1.95. The number of benzene rings is 1. The minimum Gasteiger partial charge on any atom is -0.461 e. The van der Waals surface area contributed by atoms with E-state index in [2.05, 4.69) is 5.32 Å². The van der Waals surface area contributed by atoms with E-state index in [0.717, 1.165) is 31.8 Å². The standard InChI is InChI=1S/C20H25FN2O2/c1-22-13-15-5-4-12-23(14-15)20(24)11-9-16-8-10-19(25-16)17-6-2-3-7-18(17)21/h2-3,6-8,10,15,22H,4-5,9,11-14H2,1H3. The zero-order valence-corrected chi connectivity index (χ0v) is 14.6. The highest BCUT2D eigenvalue weighted by atomic mass is 19.1. The number of likely N-dealkylation sites (tertiary alicyclic amines) is 1. The summed E-state index contributed by atoms with van der Waals surface area (Å²) in [5.74, 6) is 1.63. The lowest BCUT2D eigenvalue weighted by molar-refractivity contribution is -0.133. The second-order valence-electron chi connectivity index (χ2n) is 6.65. The fourth-order valence-corrected chi connectivity index (χ4v) is 3.45. The van der Waals surface area contributed by atoms with Gasteiger partial charge in [0.05, 0.1) is 5.56 Å². The van der Waals surface area contributed by atoms with Crippen molar-refractivity contribution in [3.05, 3.63) is 48.0 Å². The molecule has 3 rings (SSSR count). The van der Waals surface area contributed by atoms with E-state index < -0.39 is 0 Å². The summed E-state index contributed by atoms with van der Waals surface area (Å²) in [5, 5.41) is 3.19. The number of aryl methyl sites for hydroxylation is 1. The molecule has 0 spiro atoms. The van der Waals surface area contributed by atoms with Gasteiger partial charge in [-0.2, -0.15) is 0 Å². The monoisotopic (exact) mass is 344 g/mol. The molecule has 0 saturated carbocycles. The summed E-state index contributed by atoms with van der Waals surface area (Å²) in [4.78, 5) is 14.4. The molecule has 2 aromatic rings. The minimum atomic E-state index is -0.302. The number of nitrogens with one attached hydrogen (secondary N) is 1. The highest BCUT2D eigenvalue weighted by molar-refractivity contribution is 5.76. The lowest BCUT2D eigenvalue weighted by Crippen LogP contribution is -2.42. The van der Waals surface area contributed by atoms with E-state index in [1.54, 1.807) is 24.3 Å².